The summed E-state index contributed by atoms with van der Waals surface area (Å²) in [5, 5.41) is 17.1. The molecule has 0 heterocycles. The largest absolute Gasteiger partial charge is 0.494 e. The number of Topliss-reactive ketones (excluding diaryl/α,β-unsaturated/α-hetero) is 1. The van der Waals surface area contributed by atoms with Gasteiger partial charge in [0.1, 0.15) is 11.5 Å². The second-order valence-electron chi connectivity index (χ2n) is 9.53. The van der Waals surface area contributed by atoms with Gasteiger partial charge in [-0.25, -0.2) is 4.79 Å². The summed E-state index contributed by atoms with van der Waals surface area (Å²) < 4.78 is 16.4. The van der Waals surface area contributed by atoms with Gasteiger partial charge in [-0.15, -0.1) is 0 Å². The van der Waals surface area contributed by atoms with Crippen LogP contribution in [0.25, 0.3) is 0 Å². The highest BCUT2D eigenvalue weighted by Crippen LogP contribution is 2.25. The van der Waals surface area contributed by atoms with E-state index in [1.165, 1.54) is 0 Å². The number of hydrogen-bond donors (Lipinski definition) is 0. The first-order valence-corrected chi connectivity index (χ1v) is 13.7. The Morgan fingerprint density at radius 2 is 0.976 bits per heavy atom. The van der Waals surface area contributed by atoms with Crippen molar-refractivity contribution < 1.29 is 23.8 Å². The lowest BCUT2D eigenvalue weighted by Gasteiger charge is -2.07. The Hall–Kier alpha value is -4.92. The molecule has 42 heavy (non-hydrogen) atoms. The van der Waals surface area contributed by atoms with Gasteiger partial charge in [-0.2, -0.15) is 20.5 Å². The number of esters is 1. The first-order chi connectivity index (χ1) is 20.3. The number of ether oxygens (including phenoxy) is 3. The van der Waals surface area contributed by atoms with Crippen LogP contribution in [0, 0.1) is 0 Å². The molecule has 0 unspecified atom stereocenters. The number of unbranched alkanes of at least 4 members (excludes halogenated alkanes) is 1. The molecule has 0 fully saturated rings. The Morgan fingerprint density at radius 1 is 0.571 bits per heavy atom. The minimum atomic E-state index is -0.393. The van der Waals surface area contributed by atoms with Crippen molar-refractivity contribution in [3.63, 3.8) is 0 Å². The molecule has 9 nitrogen and oxygen atoms in total. The number of azo groups is 2. The summed E-state index contributed by atoms with van der Waals surface area (Å²) in [4.78, 5) is 22.9. The topological polar surface area (TPSA) is 111 Å². The van der Waals surface area contributed by atoms with E-state index in [1.54, 1.807) is 13.8 Å². The fourth-order valence-electron chi connectivity index (χ4n) is 3.36. The highest BCUT2D eigenvalue weighted by atomic mass is 16.5. The molecular formula is C33H36N4O5. The number of carbonyl (C=O) groups excluding carboxylic acids is 2. The van der Waals surface area contributed by atoms with Crippen LogP contribution in [0.15, 0.2) is 118 Å². The minimum Gasteiger partial charge on any atom is -0.494 e. The number of allylic oxidation sites excluding steroid dienone is 1. The lowest BCUT2D eigenvalue weighted by Crippen LogP contribution is -2.09. The Labute approximate surface area is 246 Å². The second kappa shape index (κ2) is 17.0. The first-order valence-electron chi connectivity index (χ1n) is 13.7. The van der Waals surface area contributed by atoms with Crippen LogP contribution in [0.2, 0.25) is 0 Å². The molecule has 3 aromatic carbocycles. The predicted octanol–water partition coefficient (Wildman–Crippen LogP) is 9.10. The van der Waals surface area contributed by atoms with Crippen LogP contribution < -0.4 is 9.47 Å². The van der Waals surface area contributed by atoms with Crippen molar-refractivity contribution in [2.45, 2.75) is 39.5 Å². The van der Waals surface area contributed by atoms with Gasteiger partial charge in [0, 0.05) is 18.4 Å². The third kappa shape index (κ3) is 11.7. The summed E-state index contributed by atoms with van der Waals surface area (Å²) >= 11 is 0. The summed E-state index contributed by atoms with van der Waals surface area (Å²) in [5.41, 5.74) is 3.75. The molecule has 0 saturated heterocycles. The van der Waals surface area contributed by atoms with E-state index in [9.17, 15) is 9.59 Å². The summed E-state index contributed by atoms with van der Waals surface area (Å²) in [5.74, 6) is 1.15. The van der Waals surface area contributed by atoms with E-state index in [0.29, 0.717) is 65.7 Å². The summed E-state index contributed by atoms with van der Waals surface area (Å²) in [6.07, 6.45) is 2.67. The molecule has 0 aliphatic rings. The monoisotopic (exact) mass is 568 g/mol. The molecule has 0 aliphatic carbocycles. The number of rotatable bonds is 17. The van der Waals surface area contributed by atoms with Gasteiger partial charge >= 0.3 is 5.97 Å². The molecule has 218 valence electrons. The van der Waals surface area contributed by atoms with Crippen LogP contribution in [0.3, 0.4) is 0 Å². The van der Waals surface area contributed by atoms with E-state index < -0.39 is 5.97 Å². The second-order valence-corrected chi connectivity index (χ2v) is 9.53. The number of carbonyl (C=O) groups is 2. The zero-order valence-corrected chi connectivity index (χ0v) is 24.1. The smallest absolute Gasteiger partial charge is 0.333 e. The van der Waals surface area contributed by atoms with E-state index in [2.05, 4.69) is 33.6 Å². The van der Waals surface area contributed by atoms with Gasteiger partial charge in [0.25, 0.3) is 0 Å². The Kier molecular flexibility index (Phi) is 12.8. The lowest BCUT2D eigenvalue weighted by atomic mass is 10.1. The van der Waals surface area contributed by atoms with Crippen molar-refractivity contribution in [2.75, 3.05) is 19.8 Å². The Morgan fingerprint density at radius 3 is 1.38 bits per heavy atom. The maximum atomic E-state index is 11.6. The molecule has 0 aromatic heterocycles. The van der Waals surface area contributed by atoms with Crippen molar-refractivity contribution in [3.8, 4) is 11.5 Å². The number of benzene rings is 3. The van der Waals surface area contributed by atoms with E-state index in [4.69, 9.17) is 14.2 Å². The van der Waals surface area contributed by atoms with Gasteiger partial charge in [0.2, 0.25) is 0 Å². The number of nitrogens with zero attached hydrogens (tertiary/aromatic N) is 4. The molecular weight excluding hydrogens is 532 g/mol. The van der Waals surface area contributed by atoms with E-state index in [1.807, 2.05) is 72.8 Å². The predicted molar refractivity (Wildman–Crippen MR) is 163 cm³/mol. The fraction of sp³-hybridized carbons (Fsp3) is 0.273. The van der Waals surface area contributed by atoms with Crippen LogP contribution in [0.4, 0.5) is 22.7 Å². The SMILES string of the molecule is C=C(C)C(=O)CCCCOc1ccc(N=Nc2ccc(N=Nc3ccc(OCCCOC(=O)C(=C)C)cc3)cc2)cc1. The third-order valence-electron chi connectivity index (χ3n) is 5.77. The number of hydrogen-bond acceptors (Lipinski definition) is 9. The average Bonchev–Trinajstić information content (AvgIpc) is 3.00. The molecule has 0 bridgehead atoms. The Balaban J connectivity index is 1.38. The molecule has 3 rings (SSSR count). The zero-order chi connectivity index (χ0) is 30.2. The Bertz CT molecular complexity index is 1290. The van der Waals surface area contributed by atoms with Crippen molar-refractivity contribution in [3.05, 3.63) is 97.1 Å². The van der Waals surface area contributed by atoms with Crippen LogP contribution in [-0.4, -0.2) is 31.6 Å². The minimum absolute atomic E-state index is 0.104. The molecule has 0 N–H and O–H groups in total. The molecule has 9 heteroatoms. The maximum absolute atomic E-state index is 11.6. The summed E-state index contributed by atoms with van der Waals surface area (Å²) in [6.45, 7) is 11.8. The first kappa shape index (κ1) is 31.6. The van der Waals surface area contributed by atoms with Gasteiger partial charge in [-0.05, 0) is 105 Å². The highest BCUT2D eigenvalue weighted by Gasteiger charge is 2.03. The molecule has 0 spiro atoms. The normalized spacial score (nSPS) is 11.0. The molecule has 0 saturated carbocycles. The van der Waals surface area contributed by atoms with Crippen LogP contribution in [0.1, 0.15) is 39.5 Å². The van der Waals surface area contributed by atoms with Crippen molar-refractivity contribution in [1.29, 1.82) is 0 Å². The van der Waals surface area contributed by atoms with E-state index >= 15 is 0 Å². The average molecular weight is 569 g/mol. The van der Waals surface area contributed by atoms with E-state index in [0.717, 1.165) is 18.6 Å². The van der Waals surface area contributed by atoms with Gasteiger partial charge in [-0.3, -0.25) is 4.79 Å². The third-order valence-corrected chi connectivity index (χ3v) is 5.77. The molecule has 0 aliphatic heterocycles. The zero-order valence-electron chi connectivity index (χ0n) is 24.1. The van der Waals surface area contributed by atoms with Crippen LogP contribution in [0.5, 0.6) is 11.5 Å². The molecule has 3 aromatic rings. The molecule has 0 amide bonds. The van der Waals surface area contributed by atoms with Gasteiger partial charge in [0.15, 0.2) is 5.78 Å². The highest BCUT2D eigenvalue weighted by molar-refractivity contribution is 5.94. The van der Waals surface area contributed by atoms with Crippen LogP contribution >= 0.6 is 0 Å². The van der Waals surface area contributed by atoms with Gasteiger partial charge in [-0.1, -0.05) is 13.2 Å². The van der Waals surface area contributed by atoms with Crippen LogP contribution in [-0.2, 0) is 14.3 Å². The van der Waals surface area contributed by atoms with Gasteiger partial charge in [0.05, 0.1) is 42.6 Å². The quantitative estimate of drug-likeness (QED) is 0.0698. The standard InChI is InChI=1S/C33H36N4O5/c1-24(2)32(38)8-5-6-21-40-30-17-13-28(14-18-30)36-34-26-9-11-27(12-10-26)35-37-29-15-19-31(20-16-29)41-22-7-23-42-33(39)25(3)4/h9-20H,1,3,5-8,21-23H2,2,4H3. The van der Waals surface area contributed by atoms with Crippen molar-refractivity contribution in [2.24, 2.45) is 20.5 Å². The fourth-order valence-corrected chi connectivity index (χ4v) is 3.36. The maximum Gasteiger partial charge on any atom is 0.333 e. The number of ketones is 1. The molecule has 0 atom stereocenters. The van der Waals surface area contributed by atoms with Gasteiger partial charge < -0.3 is 14.2 Å². The summed E-state index contributed by atoms with van der Waals surface area (Å²) in [6, 6.07) is 21.9. The lowest BCUT2D eigenvalue weighted by molar-refractivity contribution is -0.139. The van der Waals surface area contributed by atoms with E-state index in [-0.39, 0.29) is 12.4 Å². The molecule has 0 radical (unpaired) electrons. The van der Waals surface area contributed by atoms with Crippen molar-refractivity contribution in [1.82, 2.24) is 0 Å². The van der Waals surface area contributed by atoms with Crippen molar-refractivity contribution >= 4 is 34.5 Å². The summed E-state index contributed by atoms with van der Waals surface area (Å²) in [7, 11) is 0.